The largest absolute Gasteiger partial charge is 0.486 e. The monoisotopic (exact) mass is 764 g/mol. The van der Waals surface area contributed by atoms with Gasteiger partial charge in [-0.3, -0.25) is 0 Å². The van der Waals surface area contributed by atoms with Crippen LogP contribution in [-0.2, 0) is 26.5 Å². The zero-order chi connectivity index (χ0) is 29.1. The smallest absolute Gasteiger partial charge is 0.216 e. The van der Waals surface area contributed by atoms with Crippen LogP contribution >= 0.6 is 0 Å². The van der Waals surface area contributed by atoms with Gasteiger partial charge in [-0.15, -0.1) is 59.7 Å². The van der Waals surface area contributed by atoms with E-state index in [-0.39, 0.29) is 25.9 Å². The van der Waals surface area contributed by atoms with Gasteiger partial charge in [-0.1, -0.05) is 74.5 Å². The molecule has 0 saturated heterocycles. The molecule has 0 N–H and O–H groups in total. The standard InChI is InChI=1S/C22H18FN2O.C14H16NSi.Ir/c23-17-12-19-18-11-16(5-6-21(18)26-22(19)25-13-17)20-10-15(7-8-24-20)9-14-3-1-2-4-14;1-16(2,3)13-9-10-14(15-11-13)12-7-5-4-6-8-12;/h6-8,10-14H,1-4,9H2;4-7,9-11H,1-3H3;/q2*-1;. The SMILES string of the molecule is C[Si](C)(C)c1ccc(-c2[c-]cccc2)nc1.Fc1cnc2oc3c[c-]c(-c4cc(CC5CCCC5)ccn4)cc3c2c1.[Ir]. The van der Waals surface area contributed by atoms with E-state index in [0.717, 1.165) is 40.2 Å². The van der Waals surface area contributed by atoms with Crippen LogP contribution in [0.5, 0.6) is 0 Å². The molecule has 221 valence electrons. The molecule has 0 aliphatic heterocycles. The van der Waals surface area contributed by atoms with E-state index in [1.165, 1.54) is 48.7 Å². The van der Waals surface area contributed by atoms with E-state index in [4.69, 9.17) is 4.42 Å². The van der Waals surface area contributed by atoms with Crippen molar-refractivity contribution in [3.8, 4) is 22.5 Å². The second kappa shape index (κ2) is 13.4. The molecule has 7 rings (SSSR count). The van der Waals surface area contributed by atoms with Gasteiger partial charge in [0, 0.05) is 37.9 Å². The first-order chi connectivity index (χ1) is 20.3. The third-order valence-electron chi connectivity index (χ3n) is 7.94. The molecule has 0 bridgehead atoms. The van der Waals surface area contributed by atoms with E-state index in [1.807, 2.05) is 42.7 Å². The molecule has 2 aromatic carbocycles. The summed E-state index contributed by atoms with van der Waals surface area (Å²) in [6, 6.07) is 28.1. The van der Waals surface area contributed by atoms with Crippen molar-refractivity contribution in [3.05, 3.63) is 109 Å². The van der Waals surface area contributed by atoms with Gasteiger partial charge in [-0.25, -0.2) is 9.37 Å². The van der Waals surface area contributed by atoms with Gasteiger partial charge in [0.25, 0.3) is 0 Å². The molecule has 0 amide bonds. The number of pyridine rings is 3. The van der Waals surface area contributed by atoms with E-state index < -0.39 is 8.07 Å². The molecule has 6 aromatic rings. The number of benzene rings is 2. The molecular weight excluding hydrogens is 730 g/mol. The maximum Gasteiger partial charge on any atom is 0.216 e. The van der Waals surface area contributed by atoms with Crippen molar-refractivity contribution in [2.24, 2.45) is 5.92 Å². The number of fused-ring (bicyclic) bond motifs is 3. The van der Waals surface area contributed by atoms with Gasteiger partial charge in [0.1, 0.15) is 5.82 Å². The molecule has 0 unspecified atom stereocenters. The summed E-state index contributed by atoms with van der Waals surface area (Å²) in [5.74, 6) is 0.426. The van der Waals surface area contributed by atoms with Gasteiger partial charge in [-0.2, -0.15) is 0 Å². The fraction of sp³-hybridized carbons (Fsp3) is 0.250. The second-order valence-corrected chi connectivity index (χ2v) is 17.2. The molecule has 7 heteroatoms. The molecule has 4 nitrogen and oxygen atoms in total. The maximum atomic E-state index is 13.6. The quantitative estimate of drug-likeness (QED) is 0.130. The minimum Gasteiger partial charge on any atom is -0.486 e. The van der Waals surface area contributed by atoms with Crippen LogP contribution in [0.2, 0.25) is 19.6 Å². The minimum absolute atomic E-state index is 0. The number of hydrogen-bond acceptors (Lipinski definition) is 4. The summed E-state index contributed by atoms with van der Waals surface area (Å²) < 4.78 is 19.3. The molecule has 4 heterocycles. The Morgan fingerprint density at radius 1 is 0.860 bits per heavy atom. The minimum atomic E-state index is -1.23. The van der Waals surface area contributed by atoms with Crippen LogP contribution in [-0.4, -0.2) is 23.0 Å². The normalized spacial score (nSPS) is 13.5. The number of hydrogen-bond donors (Lipinski definition) is 0. The zero-order valence-electron chi connectivity index (χ0n) is 24.7. The van der Waals surface area contributed by atoms with Crippen LogP contribution in [0.4, 0.5) is 4.39 Å². The molecule has 1 aliphatic rings. The van der Waals surface area contributed by atoms with E-state index in [9.17, 15) is 4.39 Å². The van der Waals surface area contributed by atoms with Crippen molar-refractivity contribution in [1.29, 1.82) is 0 Å². The Bertz CT molecular complexity index is 1810. The topological polar surface area (TPSA) is 51.8 Å². The Hall–Kier alpha value is -3.51. The van der Waals surface area contributed by atoms with Crippen molar-refractivity contribution in [3.63, 3.8) is 0 Å². The van der Waals surface area contributed by atoms with Gasteiger partial charge < -0.3 is 14.4 Å². The zero-order valence-corrected chi connectivity index (χ0v) is 28.1. The van der Waals surface area contributed by atoms with E-state index in [0.29, 0.717) is 16.7 Å². The summed E-state index contributed by atoms with van der Waals surface area (Å²) in [7, 11) is -1.23. The number of halogens is 1. The summed E-state index contributed by atoms with van der Waals surface area (Å²) in [6.07, 6.45) is 11.5. The summed E-state index contributed by atoms with van der Waals surface area (Å²) in [5, 5.41) is 2.91. The predicted molar refractivity (Wildman–Crippen MR) is 171 cm³/mol. The fourth-order valence-electron chi connectivity index (χ4n) is 5.57. The molecular formula is C36H34FIrN3OSi-2. The first kappa shape index (κ1) is 30.9. The number of rotatable bonds is 5. The van der Waals surface area contributed by atoms with Gasteiger partial charge in [0.15, 0.2) is 0 Å². The Morgan fingerprint density at radius 3 is 2.42 bits per heavy atom. The first-order valence-electron chi connectivity index (χ1n) is 14.6. The summed E-state index contributed by atoms with van der Waals surface area (Å²) in [5.41, 5.74) is 6.25. The van der Waals surface area contributed by atoms with Crippen LogP contribution < -0.4 is 5.19 Å². The van der Waals surface area contributed by atoms with Crippen LogP contribution in [0.15, 0.2) is 89.7 Å². The fourth-order valence-corrected chi connectivity index (χ4v) is 6.61. The van der Waals surface area contributed by atoms with E-state index in [2.05, 4.69) is 71.0 Å². The second-order valence-electron chi connectivity index (χ2n) is 12.1. The maximum absolute atomic E-state index is 13.6. The molecule has 0 spiro atoms. The molecule has 1 aliphatic carbocycles. The summed E-state index contributed by atoms with van der Waals surface area (Å²) >= 11 is 0. The summed E-state index contributed by atoms with van der Waals surface area (Å²) in [4.78, 5) is 13.1. The number of nitrogens with zero attached hydrogens (tertiary/aromatic N) is 3. The Balaban J connectivity index is 0.000000188. The third-order valence-corrected chi connectivity index (χ3v) is 9.97. The van der Waals surface area contributed by atoms with Crippen molar-refractivity contribution in [1.82, 2.24) is 15.0 Å². The van der Waals surface area contributed by atoms with Gasteiger partial charge in [0.05, 0.1) is 19.9 Å². The van der Waals surface area contributed by atoms with E-state index >= 15 is 0 Å². The number of aromatic nitrogens is 3. The van der Waals surface area contributed by atoms with Gasteiger partial charge >= 0.3 is 0 Å². The van der Waals surface area contributed by atoms with Crippen LogP contribution in [0.3, 0.4) is 0 Å². The van der Waals surface area contributed by atoms with Crippen LogP contribution in [0, 0.1) is 23.9 Å². The Kier molecular flexibility index (Phi) is 9.65. The van der Waals surface area contributed by atoms with Crippen molar-refractivity contribution in [2.75, 3.05) is 0 Å². The third kappa shape index (κ3) is 7.35. The first-order valence-corrected chi connectivity index (χ1v) is 18.1. The average Bonchev–Trinajstić information content (AvgIpc) is 3.65. The van der Waals surface area contributed by atoms with Crippen LogP contribution in [0.25, 0.3) is 44.6 Å². The molecule has 0 atom stereocenters. The predicted octanol–water partition coefficient (Wildman–Crippen LogP) is 8.81. The Morgan fingerprint density at radius 2 is 1.70 bits per heavy atom. The molecule has 1 radical (unpaired) electrons. The van der Waals surface area contributed by atoms with Crippen molar-refractivity contribution in [2.45, 2.75) is 51.7 Å². The Labute approximate surface area is 267 Å². The molecule has 43 heavy (non-hydrogen) atoms. The molecule has 4 aromatic heterocycles. The molecule has 1 saturated carbocycles. The van der Waals surface area contributed by atoms with Gasteiger partial charge in [-0.05, 0) is 41.0 Å². The summed E-state index contributed by atoms with van der Waals surface area (Å²) in [6.45, 7) is 7.00. The van der Waals surface area contributed by atoms with Crippen molar-refractivity contribution < 1.29 is 28.9 Å². The molecule has 1 fully saturated rings. The van der Waals surface area contributed by atoms with E-state index in [1.54, 1.807) is 6.07 Å². The van der Waals surface area contributed by atoms with Gasteiger partial charge in [0.2, 0.25) is 5.71 Å². The van der Waals surface area contributed by atoms with Crippen molar-refractivity contribution >= 4 is 35.3 Å². The number of furan rings is 1. The van der Waals surface area contributed by atoms with Crippen LogP contribution in [0.1, 0.15) is 31.2 Å². The average molecular weight is 764 g/mol.